The summed E-state index contributed by atoms with van der Waals surface area (Å²) in [5, 5.41) is 7.76. The van der Waals surface area contributed by atoms with E-state index >= 15 is 0 Å². The van der Waals surface area contributed by atoms with Crippen LogP contribution in [0.4, 0.5) is 19.0 Å². The van der Waals surface area contributed by atoms with Gasteiger partial charge in [-0.25, -0.2) is 4.98 Å². The molecular weight excluding hydrogens is 423 g/mol. The van der Waals surface area contributed by atoms with E-state index in [0.29, 0.717) is 30.0 Å². The van der Waals surface area contributed by atoms with Gasteiger partial charge in [-0.1, -0.05) is 0 Å². The Morgan fingerprint density at radius 3 is 2.66 bits per heavy atom. The molecule has 0 saturated heterocycles. The Morgan fingerprint density at radius 2 is 2.03 bits per heavy atom. The highest BCUT2D eigenvalue weighted by Crippen LogP contribution is 2.38. The van der Waals surface area contributed by atoms with Crippen LogP contribution in [0, 0.1) is 0 Å². The van der Waals surface area contributed by atoms with Gasteiger partial charge in [-0.3, -0.25) is 4.79 Å². The molecule has 0 saturated carbocycles. The lowest BCUT2D eigenvalue weighted by Gasteiger charge is -2.27. The minimum Gasteiger partial charge on any atom is -0.383 e. The van der Waals surface area contributed by atoms with E-state index in [1.54, 1.807) is 32.0 Å². The van der Waals surface area contributed by atoms with Crippen molar-refractivity contribution in [2.75, 3.05) is 12.3 Å². The lowest BCUT2D eigenvalue weighted by molar-refractivity contribution is -0.141. The summed E-state index contributed by atoms with van der Waals surface area (Å²) in [7, 11) is 0. The van der Waals surface area contributed by atoms with Crippen LogP contribution in [0.15, 0.2) is 30.3 Å². The predicted molar refractivity (Wildman–Crippen MR) is 112 cm³/mol. The number of hydrogen-bond acceptors (Lipinski definition) is 6. The molecule has 0 bridgehead atoms. The van der Waals surface area contributed by atoms with Crippen molar-refractivity contribution in [3.05, 3.63) is 58.4 Å². The van der Waals surface area contributed by atoms with Crippen LogP contribution in [0.3, 0.4) is 0 Å². The maximum absolute atomic E-state index is 13.3. The van der Waals surface area contributed by atoms with Gasteiger partial charge in [-0.2, -0.15) is 18.3 Å². The minimum absolute atomic E-state index is 0.174. The van der Waals surface area contributed by atoms with Crippen molar-refractivity contribution < 1.29 is 22.7 Å². The Morgan fingerprint density at radius 1 is 1.28 bits per heavy atom. The van der Waals surface area contributed by atoms with Crippen molar-refractivity contribution >= 4 is 22.6 Å². The van der Waals surface area contributed by atoms with Crippen molar-refractivity contribution in [2.24, 2.45) is 0 Å². The molecule has 1 amide bonds. The largest absolute Gasteiger partial charge is 0.435 e. The van der Waals surface area contributed by atoms with E-state index < -0.39 is 17.9 Å². The molecule has 2 aromatic heterocycles. The van der Waals surface area contributed by atoms with Gasteiger partial charge < -0.3 is 15.4 Å². The molecule has 0 unspecified atom stereocenters. The number of rotatable bonds is 4. The Kier molecular flexibility index (Phi) is 5.49. The van der Waals surface area contributed by atoms with E-state index in [9.17, 15) is 18.0 Å². The standard InChI is InChI=1S/C22H22F3N5O2/c1-4-30(11(2)16-7-8-18(29-28-16)22(23,24)25)21(31)13-5-6-17-14(9-13)15-10-32-12(3)19(15)20(26)27-17/h5-9,11-12H,4,10H2,1-3H3,(H2,26,27)/t11-,12-/m1/s1. The van der Waals surface area contributed by atoms with E-state index in [1.165, 1.54) is 11.0 Å². The molecule has 0 fully saturated rings. The van der Waals surface area contributed by atoms with Crippen LogP contribution in [0.1, 0.15) is 65.8 Å². The molecule has 1 aliphatic rings. The van der Waals surface area contributed by atoms with Crippen LogP contribution in [0.25, 0.3) is 10.9 Å². The molecule has 0 spiro atoms. The fourth-order valence-electron chi connectivity index (χ4n) is 4.03. The summed E-state index contributed by atoms with van der Waals surface area (Å²) in [5.74, 6) is 0.141. The number of ether oxygens (including phenoxy) is 1. The first-order valence-electron chi connectivity index (χ1n) is 10.2. The number of nitrogen functional groups attached to an aromatic ring is 1. The number of aromatic nitrogens is 3. The number of fused-ring (bicyclic) bond motifs is 3. The van der Waals surface area contributed by atoms with Crippen molar-refractivity contribution in [3.63, 3.8) is 0 Å². The number of carbonyl (C=O) groups is 1. The fraction of sp³-hybridized carbons (Fsp3) is 0.364. The molecule has 3 heterocycles. The van der Waals surface area contributed by atoms with Crippen LogP contribution in [-0.4, -0.2) is 32.5 Å². The Labute approximate surface area is 182 Å². The summed E-state index contributed by atoms with van der Waals surface area (Å²) in [4.78, 5) is 19.3. The van der Waals surface area contributed by atoms with Gasteiger partial charge in [0.05, 0.1) is 30.0 Å². The van der Waals surface area contributed by atoms with E-state index in [4.69, 9.17) is 10.5 Å². The second-order valence-electron chi connectivity index (χ2n) is 7.68. The molecule has 2 atom stereocenters. The average molecular weight is 445 g/mol. The summed E-state index contributed by atoms with van der Waals surface area (Å²) in [6.45, 7) is 6.11. The second-order valence-corrected chi connectivity index (χ2v) is 7.68. The monoisotopic (exact) mass is 445 g/mol. The molecule has 3 aromatic rings. The van der Waals surface area contributed by atoms with Crippen LogP contribution in [-0.2, 0) is 17.5 Å². The quantitative estimate of drug-likeness (QED) is 0.638. The number of alkyl halides is 3. The number of anilines is 1. The van der Waals surface area contributed by atoms with Gasteiger partial charge in [0.15, 0.2) is 5.69 Å². The van der Waals surface area contributed by atoms with E-state index in [1.807, 2.05) is 6.92 Å². The lowest BCUT2D eigenvalue weighted by atomic mass is 9.99. The molecule has 1 aromatic carbocycles. The van der Waals surface area contributed by atoms with Crippen LogP contribution < -0.4 is 5.73 Å². The van der Waals surface area contributed by atoms with Crippen LogP contribution >= 0.6 is 0 Å². The normalized spacial score (nSPS) is 16.8. The van der Waals surface area contributed by atoms with E-state index in [0.717, 1.165) is 22.6 Å². The number of carbonyl (C=O) groups excluding carboxylic acids is 1. The highest BCUT2D eigenvalue weighted by Gasteiger charge is 2.33. The highest BCUT2D eigenvalue weighted by molar-refractivity contribution is 5.99. The van der Waals surface area contributed by atoms with Crippen molar-refractivity contribution in [3.8, 4) is 0 Å². The maximum atomic E-state index is 13.3. The number of pyridine rings is 1. The Balaban J connectivity index is 1.67. The van der Waals surface area contributed by atoms with Gasteiger partial charge in [0.25, 0.3) is 5.91 Å². The van der Waals surface area contributed by atoms with E-state index in [2.05, 4.69) is 15.2 Å². The average Bonchev–Trinajstić information content (AvgIpc) is 3.16. The minimum atomic E-state index is -4.57. The topological polar surface area (TPSA) is 94.2 Å². The van der Waals surface area contributed by atoms with Gasteiger partial charge >= 0.3 is 6.18 Å². The molecule has 10 heteroatoms. The first-order valence-corrected chi connectivity index (χ1v) is 10.2. The van der Waals surface area contributed by atoms with Crippen molar-refractivity contribution in [1.82, 2.24) is 20.1 Å². The van der Waals surface area contributed by atoms with Crippen molar-refractivity contribution in [1.29, 1.82) is 0 Å². The summed E-state index contributed by atoms with van der Waals surface area (Å²) >= 11 is 0. The van der Waals surface area contributed by atoms with Gasteiger partial charge in [-0.05, 0) is 56.7 Å². The van der Waals surface area contributed by atoms with Gasteiger partial charge in [0.2, 0.25) is 0 Å². The molecule has 7 nitrogen and oxygen atoms in total. The first-order chi connectivity index (χ1) is 15.1. The number of benzene rings is 1. The lowest BCUT2D eigenvalue weighted by Crippen LogP contribution is -2.34. The highest BCUT2D eigenvalue weighted by atomic mass is 19.4. The summed E-state index contributed by atoms with van der Waals surface area (Å²) in [6, 6.07) is 6.70. The van der Waals surface area contributed by atoms with Gasteiger partial charge in [0, 0.05) is 23.1 Å². The molecule has 2 N–H and O–H groups in total. The zero-order valence-electron chi connectivity index (χ0n) is 17.8. The predicted octanol–water partition coefficient (Wildman–Crippen LogP) is 4.44. The molecule has 0 radical (unpaired) electrons. The Bertz CT molecular complexity index is 1180. The van der Waals surface area contributed by atoms with Gasteiger partial charge in [0.1, 0.15) is 5.82 Å². The summed E-state index contributed by atoms with van der Waals surface area (Å²) < 4.78 is 44.0. The number of hydrogen-bond donors (Lipinski definition) is 1. The third-order valence-electron chi connectivity index (χ3n) is 5.77. The van der Waals surface area contributed by atoms with Crippen LogP contribution in [0.5, 0.6) is 0 Å². The fourth-order valence-corrected chi connectivity index (χ4v) is 4.03. The SMILES string of the molecule is CCN(C(=O)c1ccc2nc(N)c3c(c2c1)CO[C@@H]3C)[C@H](C)c1ccc(C(F)(F)F)nn1. The maximum Gasteiger partial charge on any atom is 0.435 e. The number of halogens is 3. The molecule has 168 valence electrons. The zero-order chi connectivity index (χ0) is 23.2. The first kappa shape index (κ1) is 21.9. The molecule has 32 heavy (non-hydrogen) atoms. The molecular formula is C22H22F3N5O2. The number of amides is 1. The van der Waals surface area contributed by atoms with Crippen molar-refractivity contribution in [2.45, 2.75) is 45.7 Å². The molecule has 4 rings (SSSR count). The third-order valence-corrected chi connectivity index (χ3v) is 5.77. The molecule has 0 aliphatic carbocycles. The second kappa shape index (κ2) is 8.01. The molecule has 1 aliphatic heterocycles. The third kappa shape index (κ3) is 3.75. The smallest absolute Gasteiger partial charge is 0.383 e. The number of nitrogens with zero attached hydrogens (tertiary/aromatic N) is 4. The summed E-state index contributed by atoms with van der Waals surface area (Å²) in [6.07, 6.45) is -4.74. The van der Waals surface area contributed by atoms with Crippen LogP contribution in [0.2, 0.25) is 0 Å². The Hall–Kier alpha value is -3.27. The number of nitrogens with two attached hydrogens (primary N) is 1. The zero-order valence-corrected chi connectivity index (χ0v) is 17.8. The van der Waals surface area contributed by atoms with E-state index in [-0.39, 0.29) is 17.7 Å². The summed E-state index contributed by atoms with van der Waals surface area (Å²) in [5.41, 5.74) is 8.13. The van der Waals surface area contributed by atoms with Gasteiger partial charge in [-0.15, -0.1) is 5.10 Å².